The molecule has 2 aliphatic rings. The Morgan fingerprint density at radius 2 is 1.78 bits per heavy atom. The van der Waals surface area contributed by atoms with E-state index in [-0.39, 0.29) is 0 Å². The van der Waals surface area contributed by atoms with Gasteiger partial charge in [-0.05, 0) is 39.2 Å². The molecule has 0 aromatic rings. The van der Waals surface area contributed by atoms with Gasteiger partial charge in [0.2, 0.25) is 0 Å². The van der Waals surface area contributed by atoms with Gasteiger partial charge in [0.1, 0.15) is 0 Å². The van der Waals surface area contributed by atoms with Crippen molar-refractivity contribution in [2.24, 2.45) is 5.41 Å². The number of rotatable bonds is 3. The average molecular weight is 254 g/mol. The molecule has 2 fully saturated rings. The molecule has 0 amide bonds. The Morgan fingerprint density at radius 3 is 2.22 bits per heavy atom. The van der Waals surface area contributed by atoms with E-state index in [4.69, 9.17) is 0 Å². The topological polar surface area (TPSA) is 43.8 Å². The zero-order valence-electron chi connectivity index (χ0n) is 11.7. The molecule has 4 heteroatoms. The molecule has 0 radical (unpaired) electrons. The first kappa shape index (κ1) is 13.8. The second kappa shape index (κ2) is 5.57. The van der Waals surface area contributed by atoms with Gasteiger partial charge in [0.05, 0.1) is 5.41 Å². The van der Waals surface area contributed by atoms with Crippen LogP contribution in [0, 0.1) is 5.41 Å². The summed E-state index contributed by atoms with van der Waals surface area (Å²) in [5.74, 6) is -0.614. The van der Waals surface area contributed by atoms with E-state index in [9.17, 15) is 9.90 Å². The summed E-state index contributed by atoms with van der Waals surface area (Å²) in [4.78, 5) is 16.3. The molecule has 0 atom stereocenters. The highest BCUT2D eigenvalue weighted by Gasteiger charge is 2.39. The monoisotopic (exact) mass is 254 g/mol. The molecule has 1 N–H and O–H groups in total. The molecule has 1 saturated heterocycles. The smallest absolute Gasteiger partial charge is 0.309 e. The second-order valence-electron chi connectivity index (χ2n) is 6.07. The quantitative estimate of drug-likeness (QED) is 0.832. The summed E-state index contributed by atoms with van der Waals surface area (Å²) in [6.07, 6.45) is 3.77. The summed E-state index contributed by atoms with van der Waals surface area (Å²) >= 11 is 0. The predicted molar refractivity (Wildman–Crippen MR) is 71.7 cm³/mol. The summed E-state index contributed by atoms with van der Waals surface area (Å²) in [5.41, 5.74) is -0.470. The van der Waals surface area contributed by atoms with Crippen LogP contribution in [0.25, 0.3) is 0 Å². The molecule has 1 saturated carbocycles. The van der Waals surface area contributed by atoms with Crippen LogP contribution in [-0.2, 0) is 4.79 Å². The molecule has 0 unspecified atom stereocenters. The van der Waals surface area contributed by atoms with E-state index < -0.39 is 11.4 Å². The third-order valence-corrected chi connectivity index (χ3v) is 4.95. The number of nitrogens with zero attached hydrogens (tertiary/aromatic N) is 2. The molecule has 1 heterocycles. The van der Waals surface area contributed by atoms with E-state index in [0.717, 1.165) is 45.3 Å². The molecule has 4 nitrogen and oxygen atoms in total. The molecule has 1 aliphatic heterocycles. The van der Waals surface area contributed by atoms with Crippen LogP contribution in [-0.4, -0.2) is 59.6 Å². The molecule has 0 aromatic carbocycles. The Morgan fingerprint density at radius 1 is 1.22 bits per heavy atom. The third-order valence-electron chi connectivity index (χ3n) is 4.95. The van der Waals surface area contributed by atoms with Crippen molar-refractivity contribution < 1.29 is 9.90 Å². The number of piperazine rings is 1. The summed E-state index contributed by atoms with van der Waals surface area (Å²) in [5, 5.41) is 9.24. The standard InChI is InChI=1S/C14H26N2O2/c1-3-15-8-10-16(11-9-15)12-4-6-14(2,7-5-12)13(17)18/h12H,3-11H2,1-2H3,(H,17,18). The van der Waals surface area contributed by atoms with E-state index in [0.29, 0.717) is 6.04 Å². The van der Waals surface area contributed by atoms with Crippen molar-refractivity contribution >= 4 is 5.97 Å². The highest BCUT2D eigenvalue weighted by Crippen LogP contribution is 2.37. The maximum absolute atomic E-state index is 11.2. The van der Waals surface area contributed by atoms with E-state index in [1.807, 2.05) is 6.92 Å². The van der Waals surface area contributed by atoms with Gasteiger partial charge in [-0.2, -0.15) is 0 Å². The van der Waals surface area contributed by atoms with E-state index in [1.54, 1.807) is 0 Å². The van der Waals surface area contributed by atoms with Gasteiger partial charge in [0.25, 0.3) is 0 Å². The first-order valence-corrected chi connectivity index (χ1v) is 7.25. The first-order valence-electron chi connectivity index (χ1n) is 7.25. The number of likely N-dealkylation sites (N-methyl/N-ethyl adjacent to an activating group) is 1. The van der Waals surface area contributed by atoms with Gasteiger partial charge in [-0.1, -0.05) is 6.92 Å². The highest BCUT2D eigenvalue weighted by atomic mass is 16.4. The van der Waals surface area contributed by atoms with E-state index in [1.165, 1.54) is 13.1 Å². The lowest BCUT2D eigenvalue weighted by Crippen LogP contribution is -2.51. The molecular weight excluding hydrogens is 228 g/mol. The van der Waals surface area contributed by atoms with Crippen LogP contribution < -0.4 is 0 Å². The van der Waals surface area contributed by atoms with Crippen molar-refractivity contribution in [3.8, 4) is 0 Å². The van der Waals surface area contributed by atoms with Crippen LogP contribution in [0.2, 0.25) is 0 Å². The Labute approximate surface area is 110 Å². The van der Waals surface area contributed by atoms with Crippen LogP contribution in [0.15, 0.2) is 0 Å². The van der Waals surface area contributed by atoms with Crippen molar-refractivity contribution in [3.05, 3.63) is 0 Å². The highest BCUT2D eigenvalue weighted by molar-refractivity contribution is 5.74. The van der Waals surface area contributed by atoms with Gasteiger partial charge in [-0.25, -0.2) is 0 Å². The van der Waals surface area contributed by atoms with Crippen molar-refractivity contribution in [1.82, 2.24) is 9.80 Å². The molecule has 18 heavy (non-hydrogen) atoms. The fraction of sp³-hybridized carbons (Fsp3) is 0.929. The Kier molecular flexibility index (Phi) is 4.28. The molecule has 1 aliphatic carbocycles. The van der Waals surface area contributed by atoms with Gasteiger partial charge < -0.3 is 10.0 Å². The molecule has 2 rings (SSSR count). The largest absolute Gasteiger partial charge is 0.481 e. The first-order chi connectivity index (χ1) is 8.55. The minimum Gasteiger partial charge on any atom is -0.481 e. The molecule has 0 spiro atoms. The number of hydrogen-bond acceptors (Lipinski definition) is 3. The van der Waals surface area contributed by atoms with Crippen molar-refractivity contribution in [1.29, 1.82) is 0 Å². The lowest BCUT2D eigenvalue weighted by Gasteiger charge is -2.43. The Bertz CT molecular complexity index is 290. The molecule has 104 valence electrons. The average Bonchev–Trinajstić information content (AvgIpc) is 2.40. The summed E-state index contributed by atoms with van der Waals surface area (Å²) < 4.78 is 0. The zero-order valence-corrected chi connectivity index (χ0v) is 11.7. The van der Waals surface area contributed by atoms with E-state index in [2.05, 4.69) is 16.7 Å². The zero-order chi connectivity index (χ0) is 13.2. The van der Waals surface area contributed by atoms with Gasteiger partial charge >= 0.3 is 5.97 Å². The number of aliphatic carboxylic acids is 1. The van der Waals surface area contributed by atoms with Gasteiger partial charge in [0, 0.05) is 32.2 Å². The summed E-state index contributed by atoms with van der Waals surface area (Å²) in [6, 6.07) is 0.622. The SMILES string of the molecule is CCN1CCN(C2CCC(C)(C(=O)O)CC2)CC1. The third kappa shape index (κ3) is 2.86. The minimum atomic E-state index is -0.614. The predicted octanol–water partition coefficient (Wildman–Crippen LogP) is 1.66. The van der Waals surface area contributed by atoms with Crippen LogP contribution in [0.5, 0.6) is 0 Å². The Balaban J connectivity index is 1.82. The minimum absolute atomic E-state index is 0.470. The van der Waals surface area contributed by atoms with Gasteiger partial charge in [-0.15, -0.1) is 0 Å². The van der Waals surface area contributed by atoms with Crippen LogP contribution in [0.1, 0.15) is 39.5 Å². The number of carboxylic acid groups (broad SMARTS) is 1. The molecular formula is C14H26N2O2. The summed E-state index contributed by atoms with van der Waals surface area (Å²) in [7, 11) is 0. The number of carbonyl (C=O) groups is 1. The number of hydrogen-bond donors (Lipinski definition) is 1. The summed E-state index contributed by atoms with van der Waals surface area (Å²) in [6.45, 7) is 9.92. The molecule has 0 aromatic heterocycles. The van der Waals surface area contributed by atoms with E-state index >= 15 is 0 Å². The van der Waals surface area contributed by atoms with Crippen molar-refractivity contribution in [2.45, 2.75) is 45.6 Å². The maximum atomic E-state index is 11.2. The Hall–Kier alpha value is -0.610. The molecule has 0 bridgehead atoms. The van der Waals surface area contributed by atoms with Crippen LogP contribution >= 0.6 is 0 Å². The maximum Gasteiger partial charge on any atom is 0.309 e. The van der Waals surface area contributed by atoms with Crippen molar-refractivity contribution in [3.63, 3.8) is 0 Å². The van der Waals surface area contributed by atoms with Crippen LogP contribution in [0.4, 0.5) is 0 Å². The van der Waals surface area contributed by atoms with Crippen molar-refractivity contribution in [2.75, 3.05) is 32.7 Å². The lowest BCUT2D eigenvalue weighted by molar-refractivity contribution is -0.150. The number of carboxylic acids is 1. The van der Waals surface area contributed by atoms with Crippen LogP contribution in [0.3, 0.4) is 0 Å². The lowest BCUT2D eigenvalue weighted by atomic mass is 9.73. The normalized spacial score (nSPS) is 35.6. The van der Waals surface area contributed by atoms with Gasteiger partial charge in [0.15, 0.2) is 0 Å². The second-order valence-corrected chi connectivity index (χ2v) is 6.07. The fourth-order valence-corrected chi connectivity index (χ4v) is 3.26. The van der Waals surface area contributed by atoms with Gasteiger partial charge in [-0.3, -0.25) is 9.69 Å². The fourth-order valence-electron chi connectivity index (χ4n) is 3.26.